The fourth-order valence-corrected chi connectivity index (χ4v) is 1.72. The maximum Gasteiger partial charge on any atom is 0.337 e. The fraction of sp³-hybridized carbons (Fsp3) is 0.143. The minimum Gasteiger partial charge on any atom is -0.497 e. The van der Waals surface area contributed by atoms with Gasteiger partial charge in [0.1, 0.15) is 5.75 Å². The zero-order valence-corrected chi connectivity index (χ0v) is 9.96. The number of methoxy groups -OCH3 is 1. The summed E-state index contributed by atoms with van der Waals surface area (Å²) in [6.45, 7) is 0. The number of rotatable bonds is 4. The molecule has 0 saturated heterocycles. The van der Waals surface area contributed by atoms with Gasteiger partial charge in [-0.05, 0) is 35.7 Å². The monoisotopic (exact) mass is 243 g/mol. The van der Waals surface area contributed by atoms with E-state index in [1.165, 1.54) is 6.20 Å². The van der Waals surface area contributed by atoms with Gasteiger partial charge in [0.05, 0.1) is 12.7 Å². The summed E-state index contributed by atoms with van der Waals surface area (Å²) in [4.78, 5) is 14.8. The zero-order chi connectivity index (χ0) is 13.0. The van der Waals surface area contributed by atoms with Crippen molar-refractivity contribution in [2.45, 2.75) is 6.42 Å². The summed E-state index contributed by atoms with van der Waals surface area (Å²) < 4.78 is 5.14. The van der Waals surface area contributed by atoms with E-state index in [4.69, 9.17) is 9.84 Å². The predicted octanol–water partition coefficient (Wildman–Crippen LogP) is 2.38. The SMILES string of the molecule is COc1cccc(Cc2cncc(C(=O)O)c2)c1. The summed E-state index contributed by atoms with van der Waals surface area (Å²) in [7, 11) is 1.62. The van der Waals surface area contributed by atoms with E-state index >= 15 is 0 Å². The van der Waals surface area contributed by atoms with Crippen molar-refractivity contribution in [1.29, 1.82) is 0 Å². The molecule has 0 saturated carbocycles. The number of carbonyl (C=O) groups is 1. The molecule has 0 aliphatic carbocycles. The van der Waals surface area contributed by atoms with Crippen LogP contribution in [0.3, 0.4) is 0 Å². The summed E-state index contributed by atoms with van der Waals surface area (Å²) in [5.74, 6) is -0.176. The predicted molar refractivity (Wildman–Crippen MR) is 67.0 cm³/mol. The molecule has 0 spiro atoms. The van der Waals surface area contributed by atoms with Crippen molar-refractivity contribution in [2.24, 2.45) is 0 Å². The Labute approximate surface area is 105 Å². The normalized spacial score (nSPS) is 10.1. The molecule has 1 aromatic carbocycles. The van der Waals surface area contributed by atoms with Crippen LogP contribution in [-0.2, 0) is 6.42 Å². The maximum atomic E-state index is 10.8. The van der Waals surface area contributed by atoms with Crippen LogP contribution in [0.1, 0.15) is 21.5 Å². The van der Waals surface area contributed by atoms with Crippen LogP contribution in [0.2, 0.25) is 0 Å². The van der Waals surface area contributed by atoms with Gasteiger partial charge in [-0.15, -0.1) is 0 Å². The third-order valence-corrected chi connectivity index (χ3v) is 2.58. The van der Waals surface area contributed by atoms with Gasteiger partial charge >= 0.3 is 5.97 Å². The number of benzene rings is 1. The molecule has 4 nitrogen and oxygen atoms in total. The lowest BCUT2D eigenvalue weighted by Crippen LogP contribution is -1.99. The van der Waals surface area contributed by atoms with E-state index in [1.807, 2.05) is 24.3 Å². The molecule has 0 radical (unpaired) electrons. The highest BCUT2D eigenvalue weighted by molar-refractivity contribution is 5.87. The minimum absolute atomic E-state index is 0.204. The van der Waals surface area contributed by atoms with Crippen LogP contribution in [0.5, 0.6) is 5.75 Å². The molecule has 4 heteroatoms. The third-order valence-electron chi connectivity index (χ3n) is 2.58. The molecule has 2 rings (SSSR count). The number of aromatic carboxylic acids is 1. The van der Waals surface area contributed by atoms with Crippen molar-refractivity contribution in [3.05, 3.63) is 59.4 Å². The van der Waals surface area contributed by atoms with Crippen molar-refractivity contribution >= 4 is 5.97 Å². The number of carboxylic acid groups (broad SMARTS) is 1. The average molecular weight is 243 g/mol. The van der Waals surface area contributed by atoms with Gasteiger partial charge in [0.2, 0.25) is 0 Å². The lowest BCUT2D eigenvalue weighted by atomic mass is 10.1. The topological polar surface area (TPSA) is 59.4 Å². The first-order chi connectivity index (χ1) is 8.69. The molecule has 0 unspecified atom stereocenters. The molecular weight excluding hydrogens is 230 g/mol. The Balaban J connectivity index is 2.22. The summed E-state index contributed by atoms with van der Waals surface area (Å²) in [5, 5.41) is 8.90. The van der Waals surface area contributed by atoms with Crippen LogP contribution < -0.4 is 4.74 Å². The van der Waals surface area contributed by atoms with Gasteiger partial charge < -0.3 is 9.84 Å². The van der Waals surface area contributed by atoms with E-state index < -0.39 is 5.97 Å². The second-order valence-electron chi connectivity index (χ2n) is 3.92. The quantitative estimate of drug-likeness (QED) is 0.895. The zero-order valence-electron chi connectivity index (χ0n) is 9.96. The standard InChI is InChI=1S/C14H13NO3/c1-18-13-4-2-3-10(7-13)5-11-6-12(14(16)17)9-15-8-11/h2-4,6-9H,5H2,1H3,(H,16,17). The lowest BCUT2D eigenvalue weighted by Gasteiger charge is -2.05. The van der Waals surface area contributed by atoms with Gasteiger partial charge in [-0.3, -0.25) is 4.98 Å². The number of ether oxygens (including phenoxy) is 1. The minimum atomic E-state index is -0.963. The molecule has 1 heterocycles. The Morgan fingerprint density at radius 1 is 1.28 bits per heavy atom. The summed E-state index contributed by atoms with van der Waals surface area (Å²) in [5.41, 5.74) is 2.12. The van der Waals surface area contributed by atoms with E-state index in [2.05, 4.69) is 4.98 Å². The molecule has 0 aliphatic rings. The van der Waals surface area contributed by atoms with E-state index in [-0.39, 0.29) is 5.56 Å². The molecule has 0 aliphatic heterocycles. The molecule has 2 aromatic rings. The lowest BCUT2D eigenvalue weighted by molar-refractivity contribution is 0.0696. The number of nitrogens with zero attached hydrogens (tertiary/aromatic N) is 1. The van der Waals surface area contributed by atoms with E-state index in [1.54, 1.807) is 19.4 Å². The van der Waals surface area contributed by atoms with Crippen LogP contribution in [0, 0.1) is 0 Å². The van der Waals surface area contributed by atoms with Gasteiger partial charge in [-0.2, -0.15) is 0 Å². The molecule has 0 amide bonds. The van der Waals surface area contributed by atoms with Gasteiger partial charge in [-0.1, -0.05) is 12.1 Å². The molecule has 0 fully saturated rings. The Hall–Kier alpha value is -2.36. The van der Waals surface area contributed by atoms with Crippen molar-refractivity contribution in [3.63, 3.8) is 0 Å². The number of hydrogen-bond donors (Lipinski definition) is 1. The van der Waals surface area contributed by atoms with Gasteiger partial charge in [0.15, 0.2) is 0 Å². The number of aromatic nitrogens is 1. The highest BCUT2D eigenvalue weighted by Crippen LogP contribution is 2.16. The van der Waals surface area contributed by atoms with Gasteiger partial charge in [-0.25, -0.2) is 4.79 Å². The van der Waals surface area contributed by atoms with Crippen LogP contribution in [-0.4, -0.2) is 23.2 Å². The van der Waals surface area contributed by atoms with Crippen LogP contribution >= 0.6 is 0 Å². The summed E-state index contributed by atoms with van der Waals surface area (Å²) in [6.07, 6.45) is 3.65. The Kier molecular flexibility index (Phi) is 3.57. The first-order valence-electron chi connectivity index (χ1n) is 5.49. The molecular formula is C14H13NO3. The molecule has 0 bridgehead atoms. The van der Waals surface area contributed by atoms with Crippen LogP contribution in [0.25, 0.3) is 0 Å². The van der Waals surface area contributed by atoms with Crippen molar-refractivity contribution in [3.8, 4) is 5.75 Å². The molecule has 1 aromatic heterocycles. The average Bonchev–Trinajstić information content (AvgIpc) is 2.39. The van der Waals surface area contributed by atoms with Gasteiger partial charge in [0.25, 0.3) is 0 Å². The highest BCUT2D eigenvalue weighted by Gasteiger charge is 2.05. The molecule has 92 valence electrons. The molecule has 18 heavy (non-hydrogen) atoms. The smallest absolute Gasteiger partial charge is 0.337 e. The van der Waals surface area contributed by atoms with Gasteiger partial charge in [0, 0.05) is 12.4 Å². The molecule has 1 N–H and O–H groups in total. The van der Waals surface area contributed by atoms with Crippen molar-refractivity contribution in [2.75, 3.05) is 7.11 Å². The van der Waals surface area contributed by atoms with Crippen molar-refractivity contribution in [1.82, 2.24) is 4.98 Å². The summed E-state index contributed by atoms with van der Waals surface area (Å²) in [6, 6.07) is 9.30. The van der Waals surface area contributed by atoms with Crippen LogP contribution in [0.4, 0.5) is 0 Å². The van der Waals surface area contributed by atoms with E-state index in [0.29, 0.717) is 6.42 Å². The molecule has 0 atom stereocenters. The number of pyridine rings is 1. The third kappa shape index (κ3) is 2.85. The van der Waals surface area contributed by atoms with E-state index in [0.717, 1.165) is 16.9 Å². The Morgan fingerprint density at radius 3 is 2.83 bits per heavy atom. The summed E-state index contributed by atoms with van der Waals surface area (Å²) >= 11 is 0. The Bertz CT molecular complexity index is 566. The second-order valence-corrected chi connectivity index (χ2v) is 3.92. The first kappa shape index (κ1) is 12.1. The second kappa shape index (κ2) is 5.31. The Morgan fingerprint density at radius 2 is 2.11 bits per heavy atom. The highest BCUT2D eigenvalue weighted by atomic mass is 16.5. The van der Waals surface area contributed by atoms with Crippen LogP contribution in [0.15, 0.2) is 42.7 Å². The largest absolute Gasteiger partial charge is 0.497 e. The fourth-order valence-electron chi connectivity index (χ4n) is 1.72. The number of hydrogen-bond acceptors (Lipinski definition) is 3. The number of carboxylic acids is 1. The van der Waals surface area contributed by atoms with Crippen molar-refractivity contribution < 1.29 is 14.6 Å². The first-order valence-corrected chi connectivity index (χ1v) is 5.49. The maximum absolute atomic E-state index is 10.8. The van der Waals surface area contributed by atoms with E-state index in [9.17, 15) is 4.79 Å².